The standard InChI is InChI=1S/C28H26N8O4/c1-39-20-11-9-19(10-12-20)24-33-25-23-21(8-5-13-29-23)31-27(36(25)34-24)32-22-16-35(15-14-30-26(22)37)28(38)40-17-18-6-3-2-4-7-18/h2-13,22H,14-17H2,1H3,(H,30,37)(H,31,32)/t22-/m1/s1. The predicted octanol–water partition coefficient (Wildman–Crippen LogP) is 2.90. The highest BCUT2D eigenvalue weighted by Crippen LogP contribution is 2.25. The van der Waals surface area contributed by atoms with Gasteiger partial charge in [-0.1, -0.05) is 30.3 Å². The number of hydrogen-bond acceptors (Lipinski definition) is 9. The maximum atomic E-state index is 13.0. The summed E-state index contributed by atoms with van der Waals surface area (Å²) in [7, 11) is 1.60. The van der Waals surface area contributed by atoms with E-state index >= 15 is 0 Å². The number of pyridine rings is 1. The number of carbonyl (C=O) groups is 2. The number of methoxy groups -OCH3 is 1. The highest BCUT2D eigenvalue weighted by atomic mass is 16.6. The number of carbonyl (C=O) groups excluding carboxylic acids is 2. The third-order valence-corrected chi connectivity index (χ3v) is 6.55. The average Bonchev–Trinajstić information content (AvgIpc) is 3.37. The fourth-order valence-electron chi connectivity index (χ4n) is 4.46. The number of benzene rings is 2. The number of aromatic nitrogens is 5. The molecule has 0 saturated carbocycles. The summed E-state index contributed by atoms with van der Waals surface area (Å²) in [5.74, 6) is 1.20. The molecule has 5 aromatic rings. The van der Waals surface area contributed by atoms with Crippen molar-refractivity contribution in [3.8, 4) is 17.1 Å². The molecule has 3 aromatic heterocycles. The zero-order valence-corrected chi connectivity index (χ0v) is 21.7. The Kier molecular flexibility index (Phi) is 6.79. The number of rotatable bonds is 6. The van der Waals surface area contributed by atoms with E-state index in [1.807, 2.05) is 60.7 Å². The molecule has 1 aliphatic heterocycles. The maximum absolute atomic E-state index is 13.0. The fraction of sp³-hybridized carbons (Fsp3) is 0.214. The van der Waals surface area contributed by atoms with Gasteiger partial charge in [0.25, 0.3) is 0 Å². The first-order valence-corrected chi connectivity index (χ1v) is 12.7. The summed E-state index contributed by atoms with van der Waals surface area (Å²) in [6, 6.07) is 19.6. The Morgan fingerprint density at radius 2 is 1.90 bits per heavy atom. The van der Waals surface area contributed by atoms with E-state index in [1.165, 1.54) is 9.42 Å². The van der Waals surface area contributed by atoms with Gasteiger partial charge in [0.15, 0.2) is 11.5 Å². The van der Waals surface area contributed by atoms with E-state index in [1.54, 1.807) is 19.4 Å². The molecule has 4 heterocycles. The molecule has 202 valence electrons. The summed E-state index contributed by atoms with van der Waals surface area (Å²) in [4.78, 5) is 41.3. The molecule has 6 rings (SSSR count). The van der Waals surface area contributed by atoms with E-state index in [0.29, 0.717) is 41.5 Å². The summed E-state index contributed by atoms with van der Waals surface area (Å²) in [6.45, 7) is 0.830. The molecule has 1 fully saturated rings. The van der Waals surface area contributed by atoms with Crippen LogP contribution in [0.1, 0.15) is 5.56 Å². The summed E-state index contributed by atoms with van der Waals surface area (Å²) in [5.41, 5.74) is 3.28. The zero-order valence-electron chi connectivity index (χ0n) is 21.7. The number of ether oxygens (including phenoxy) is 2. The Bertz CT molecular complexity index is 1670. The molecule has 12 nitrogen and oxygen atoms in total. The Labute approximate surface area is 229 Å². The molecule has 2 amide bonds. The van der Waals surface area contributed by atoms with Gasteiger partial charge in [-0.25, -0.2) is 14.8 Å². The molecular weight excluding hydrogens is 512 g/mol. The van der Waals surface area contributed by atoms with Crippen molar-refractivity contribution in [1.29, 1.82) is 0 Å². The lowest BCUT2D eigenvalue weighted by atomic mass is 10.2. The lowest BCUT2D eigenvalue weighted by Gasteiger charge is -2.23. The molecule has 2 N–H and O–H groups in total. The van der Waals surface area contributed by atoms with Crippen molar-refractivity contribution >= 4 is 34.6 Å². The van der Waals surface area contributed by atoms with E-state index in [0.717, 1.165) is 16.9 Å². The molecule has 1 saturated heterocycles. The molecule has 0 bridgehead atoms. The smallest absolute Gasteiger partial charge is 0.410 e. The van der Waals surface area contributed by atoms with Crippen molar-refractivity contribution in [2.45, 2.75) is 12.6 Å². The van der Waals surface area contributed by atoms with E-state index in [2.05, 4.69) is 20.7 Å². The Morgan fingerprint density at radius 3 is 2.70 bits per heavy atom. The Hall–Kier alpha value is -5.26. The first-order chi connectivity index (χ1) is 19.6. The van der Waals surface area contributed by atoms with Crippen molar-refractivity contribution < 1.29 is 19.1 Å². The maximum Gasteiger partial charge on any atom is 0.410 e. The summed E-state index contributed by atoms with van der Waals surface area (Å²) in [5, 5.41) is 10.7. The molecule has 1 atom stereocenters. The topological polar surface area (TPSA) is 136 Å². The van der Waals surface area contributed by atoms with Crippen LogP contribution in [0, 0.1) is 0 Å². The van der Waals surface area contributed by atoms with Crippen molar-refractivity contribution in [3.63, 3.8) is 0 Å². The predicted molar refractivity (Wildman–Crippen MR) is 147 cm³/mol. The van der Waals surface area contributed by atoms with Gasteiger partial charge in [-0.15, -0.1) is 5.10 Å². The highest BCUT2D eigenvalue weighted by Gasteiger charge is 2.30. The second kappa shape index (κ2) is 10.8. The molecular formula is C28H26N8O4. The van der Waals surface area contributed by atoms with E-state index in [-0.39, 0.29) is 19.1 Å². The van der Waals surface area contributed by atoms with Gasteiger partial charge in [0.1, 0.15) is 23.9 Å². The van der Waals surface area contributed by atoms with Gasteiger partial charge < -0.3 is 25.0 Å². The third kappa shape index (κ3) is 5.06. The second-order valence-electron chi connectivity index (χ2n) is 9.18. The van der Waals surface area contributed by atoms with Gasteiger partial charge >= 0.3 is 6.09 Å². The minimum absolute atomic E-state index is 0.0771. The summed E-state index contributed by atoms with van der Waals surface area (Å²) >= 11 is 0. The molecule has 0 unspecified atom stereocenters. The Morgan fingerprint density at radius 1 is 1.07 bits per heavy atom. The molecule has 2 aromatic carbocycles. The number of nitrogens with zero attached hydrogens (tertiary/aromatic N) is 6. The first-order valence-electron chi connectivity index (χ1n) is 12.7. The van der Waals surface area contributed by atoms with E-state index < -0.39 is 12.1 Å². The van der Waals surface area contributed by atoms with Crippen LogP contribution in [-0.4, -0.2) is 74.3 Å². The van der Waals surface area contributed by atoms with Gasteiger partial charge in [0, 0.05) is 24.8 Å². The lowest BCUT2D eigenvalue weighted by molar-refractivity contribution is -0.121. The number of anilines is 1. The van der Waals surface area contributed by atoms with Crippen LogP contribution in [0.25, 0.3) is 28.1 Å². The van der Waals surface area contributed by atoms with Crippen LogP contribution >= 0.6 is 0 Å². The molecule has 12 heteroatoms. The van der Waals surface area contributed by atoms with Crippen molar-refractivity contribution in [3.05, 3.63) is 78.5 Å². The number of nitrogens with one attached hydrogen (secondary N) is 2. The van der Waals surface area contributed by atoms with Crippen LogP contribution in [0.5, 0.6) is 5.75 Å². The fourth-order valence-corrected chi connectivity index (χ4v) is 4.46. The number of fused-ring (bicyclic) bond motifs is 3. The molecule has 1 aliphatic rings. The van der Waals surface area contributed by atoms with Gasteiger partial charge in [-0.05, 0) is 42.0 Å². The average molecular weight is 539 g/mol. The van der Waals surface area contributed by atoms with Crippen LogP contribution in [0.3, 0.4) is 0 Å². The summed E-state index contributed by atoms with van der Waals surface area (Å²) in [6.07, 6.45) is 1.16. The quantitative estimate of drug-likeness (QED) is 0.334. The van der Waals surface area contributed by atoms with Crippen molar-refractivity contribution in [2.24, 2.45) is 0 Å². The van der Waals surface area contributed by atoms with Crippen LogP contribution in [0.4, 0.5) is 10.7 Å². The minimum atomic E-state index is -0.815. The van der Waals surface area contributed by atoms with Gasteiger partial charge in [0.05, 0.1) is 19.2 Å². The second-order valence-corrected chi connectivity index (χ2v) is 9.18. The van der Waals surface area contributed by atoms with Crippen molar-refractivity contribution in [1.82, 2.24) is 34.8 Å². The number of amides is 2. The van der Waals surface area contributed by atoms with Crippen LogP contribution < -0.4 is 15.4 Å². The van der Waals surface area contributed by atoms with Gasteiger partial charge in [-0.3, -0.25) is 9.78 Å². The number of hydrogen-bond donors (Lipinski definition) is 2. The van der Waals surface area contributed by atoms with Crippen molar-refractivity contribution in [2.75, 3.05) is 32.1 Å². The normalized spacial score (nSPS) is 15.5. The zero-order chi connectivity index (χ0) is 27.5. The Balaban J connectivity index is 1.30. The van der Waals surface area contributed by atoms with Crippen LogP contribution in [-0.2, 0) is 16.1 Å². The molecule has 40 heavy (non-hydrogen) atoms. The van der Waals surface area contributed by atoms with Gasteiger partial charge in [-0.2, -0.15) is 4.52 Å². The van der Waals surface area contributed by atoms with E-state index in [4.69, 9.17) is 19.4 Å². The monoisotopic (exact) mass is 538 g/mol. The van der Waals surface area contributed by atoms with E-state index in [9.17, 15) is 9.59 Å². The highest BCUT2D eigenvalue weighted by molar-refractivity contribution is 5.90. The summed E-state index contributed by atoms with van der Waals surface area (Å²) < 4.78 is 12.3. The van der Waals surface area contributed by atoms with Crippen LogP contribution in [0.15, 0.2) is 72.9 Å². The SMILES string of the molecule is COc1ccc(-c2nc3c4ncccc4nc(N[C@@H]4CN(C(=O)OCc5ccccc5)CCNC4=O)n3n2)cc1. The largest absolute Gasteiger partial charge is 0.497 e. The lowest BCUT2D eigenvalue weighted by Crippen LogP contribution is -2.44. The minimum Gasteiger partial charge on any atom is -0.497 e. The molecule has 0 spiro atoms. The third-order valence-electron chi connectivity index (χ3n) is 6.55. The van der Waals surface area contributed by atoms with Crippen LogP contribution in [0.2, 0.25) is 0 Å². The molecule has 0 aliphatic carbocycles. The molecule has 0 radical (unpaired) electrons. The van der Waals surface area contributed by atoms with Gasteiger partial charge in [0.2, 0.25) is 11.9 Å². The first kappa shape index (κ1) is 25.0.